The average molecular weight is 206 g/mol. The first kappa shape index (κ1) is 12.6. The van der Waals surface area contributed by atoms with Gasteiger partial charge >= 0.3 is 15.3 Å². The zero-order valence-electron chi connectivity index (χ0n) is 8.54. The topological polar surface area (TPSA) is 44.8 Å². The molecule has 0 spiro atoms. The Bertz CT molecular complexity index is 136. The molecule has 4 nitrogen and oxygen atoms in total. The van der Waals surface area contributed by atoms with E-state index in [0.717, 1.165) is 6.42 Å². The molecule has 0 amide bonds. The van der Waals surface area contributed by atoms with E-state index >= 15 is 0 Å². The van der Waals surface area contributed by atoms with Crippen LogP contribution in [0.5, 0.6) is 0 Å². The monoisotopic (exact) mass is 206 g/mol. The molecular weight excluding hydrogens is 188 g/mol. The summed E-state index contributed by atoms with van der Waals surface area (Å²) in [5.74, 6) is -0.159. The van der Waals surface area contributed by atoms with Crippen LogP contribution in [0.1, 0.15) is 19.8 Å². The summed E-state index contributed by atoms with van der Waals surface area (Å²) in [5, 5.41) is 0. The number of carbonyl (C=O) groups excluding carboxylic acids is 1. The number of rotatable bonds is 7. The Morgan fingerprint density at radius 3 is 2.38 bits per heavy atom. The molecule has 0 aliphatic carbocycles. The van der Waals surface area contributed by atoms with E-state index in [-0.39, 0.29) is 5.97 Å². The predicted octanol–water partition coefficient (Wildman–Crippen LogP) is 0.843. The zero-order chi connectivity index (χ0) is 10.1. The first-order valence-electron chi connectivity index (χ1n) is 4.45. The Morgan fingerprint density at radius 2 is 1.92 bits per heavy atom. The van der Waals surface area contributed by atoms with Gasteiger partial charge in [-0.1, -0.05) is 6.92 Å². The number of esters is 1. The van der Waals surface area contributed by atoms with Gasteiger partial charge in [0.25, 0.3) is 0 Å². The Kier molecular flexibility index (Phi) is 7.97. The summed E-state index contributed by atoms with van der Waals surface area (Å²) in [6.45, 7) is 2.47. The molecule has 0 fully saturated rings. The minimum Gasteiger partial charge on any atom is -0.466 e. The van der Waals surface area contributed by atoms with Gasteiger partial charge in [0.15, 0.2) is 0 Å². The number of hydrogen-bond acceptors (Lipinski definition) is 4. The maximum absolute atomic E-state index is 11.0. The fraction of sp³-hybridized carbons (Fsp3) is 0.875. The zero-order valence-corrected chi connectivity index (χ0v) is 9.69. The van der Waals surface area contributed by atoms with Crippen molar-refractivity contribution in [2.24, 2.45) is 0 Å². The maximum Gasteiger partial charge on any atom is 0.321 e. The minimum atomic E-state index is -1.58. The van der Waals surface area contributed by atoms with Crippen LogP contribution >= 0.6 is 0 Å². The summed E-state index contributed by atoms with van der Waals surface area (Å²) >= 11 is 0. The number of hydrogen-bond donors (Lipinski definition) is 0. The maximum atomic E-state index is 11.0. The third kappa shape index (κ3) is 6.74. The Balaban J connectivity index is 3.44. The Labute approximate surface area is 81.0 Å². The van der Waals surface area contributed by atoms with E-state index in [1.807, 2.05) is 6.92 Å². The highest BCUT2D eigenvalue weighted by Gasteiger charge is 2.12. The van der Waals surface area contributed by atoms with Crippen LogP contribution in [0.25, 0.3) is 0 Å². The highest BCUT2D eigenvalue weighted by molar-refractivity contribution is 6.44. The lowest BCUT2D eigenvalue weighted by Crippen LogP contribution is -2.20. The predicted molar refractivity (Wildman–Crippen MR) is 51.8 cm³/mol. The smallest absolute Gasteiger partial charge is 0.321 e. The van der Waals surface area contributed by atoms with Crippen LogP contribution in [0.2, 0.25) is 6.04 Å². The van der Waals surface area contributed by atoms with Gasteiger partial charge in [-0.25, -0.2) is 0 Å². The van der Waals surface area contributed by atoms with Gasteiger partial charge in [-0.3, -0.25) is 4.79 Å². The molecule has 0 N–H and O–H groups in total. The quantitative estimate of drug-likeness (QED) is 0.457. The third-order valence-corrected chi connectivity index (χ3v) is 3.39. The average Bonchev–Trinajstić information content (AvgIpc) is 2.16. The number of carbonyl (C=O) groups is 1. The summed E-state index contributed by atoms with van der Waals surface area (Å²) < 4.78 is 15.0. The van der Waals surface area contributed by atoms with Crippen molar-refractivity contribution in [3.63, 3.8) is 0 Å². The van der Waals surface area contributed by atoms with Gasteiger partial charge in [0, 0.05) is 20.6 Å². The fourth-order valence-corrected chi connectivity index (χ4v) is 1.99. The molecule has 0 rings (SSSR count). The van der Waals surface area contributed by atoms with Gasteiger partial charge in [-0.05, 0) is 12.5 Å². The molecule has 0 aromatic carbocycles. The molecule has 0 bridgehead atoms. The van der Waals surface area contributed by atoms with E-state index in [4.69, 9.17) is 13.6 Å². The molecule has 0 unspecified atom stereocenters. The van der Waals surface area contributed by atoms with E-state index in [2.05, 4.69) is 0 Å². The Morgan fingerprint density at radius 1 is 1.31 bits per heavy atom. The van der Waals surface area contributed by atoms with Crippen LogP contribution in [0, 0.1) is 0 Å². The van der Waals surface area contributed by atoms with Gasteiger partial charge in [-0.2, -0.15) is 0 Å². The minimum absolute atomic E-state index is 0.159. The molecule has 78 valence electrons. The molecule has 0 saturated carbocycles. The largest absolute Gasteiger partial charge is 0.466 e. The van der Waals surface area contributed by atoms with Crippen molar-refractivity contribution in [1.29, 1.82) is 0 Å². The molecular formula is C8H18O4Si. The normalized spacial score (nSPS) is 10.5. The van der Waals surface area contributed by atoms with Crippen molar-refractivity contribution >= 4 is 15.3 Å². The second-order valence-electron chi connectivity index (χ2n) is 2.66. The van der Waals surface area contributed by atoms with Crippen molar-refractivity contribution < 1.29 is 18.4 Å². The van der Waals surface area contributed by atoms with Crippen molar-refractivity contribution in [2.75, 3.05) is 20.8 Å². The van der Waals surface area contributed by atoms with Crippen molar-refractivity contribution in [3.05, 3.63) is 0 Å². The molecule has 0 aromatic rings. The van der Waals surface area contributed by atoms with Gasteiger partial charge in [-0.15, -0.1) is 0 Å². The van der Waals surface area contributed by atoms with Crippen LogP contribution < -0.4 is 0 Å². The van der Waals surface area contributed by atoms with Crippen molar-refractivity contribution in [1.82, 2.24) is 0 Å². The van der Waals surface area contributed by atoms with E-state index in [0.29, 0.717) is 19.1 Å². The molecule has 0 aromatic heterocycles. The van der Waals surface area contributed by atoms with E-state index in [9.17, 15) is 4.79 Å². The standard InChI is InChI=1S/C8H18O4Si/c1-4-6-12-8(9)5-7-13(10-2)11-3/h13H,4-7H2,1-3H3. The van der Waals surface area contributed by atoms with Crippen molar-refractivity contribution in [3.8, 4) is 0 Å². The van der Waals surface area contributed by atoms with Crippen LogP contribution in [0.3, 0.4) is 0 Å². The molecule has 0 heterocycles. The lowest BCUT2D eigenvalue weighted by Gasteiger charge is -2.09. The van der Waals surface area contributed by atoms with E-state index < -0.39 is 9.28 Å². The summed E-state index contributed by atoms with van der Waals surface area (Å²) in [6.07, 6.45) is 1.26. The summed E-state index contributed by atoms with van der Waals surface area (Å²) in [6, 6.07) is 0.676. The lowest BCUT2D eigenvalue weighted by atomic mass is 10.5. The molecule has 0 atom stereocenters. The summed E-state index contributed by atoms with van der Waals surface area (Å²) in [7, 11) is 1.63. The molecule has 5 heteroatoms. The van der Waals surface area contributed by atoms with Crippen LogP contribution in [0.15, 0.2) is 0 Å². The molecule has 0 saturated heterocycles. The van der Waals surface area contributed by atoms with Gasteiger partial charge in [0.05, 0.1) is 6.61 Å². The summed E-state index contributed by atoms with van der Waals surface area (Å²) in [5.41, 5.74) is 0. The molecule has 13 heavy (non-hydrogen) atoms. The second kappa shape index (κ2) is 8.22. The van der Waals surface area contributed by atoms with Crippen LogP contribution in [0.4, 0.5) is 0 Å². The molecule has 0 radical (unpaired) electrons. The lowest BCUT2D eigenvalue weighted by molar-refractivity contribution is -0.143. The van der Waals surface area contributed by atoms with Gasteiger partial charge < -0.3 is 13.6 Å². The number of ether oxygens (including phenoxy) is 1. The Hall–Kier alpha value is -0.393. The highest BCUT2D eigenvalue weighted by Crippen LogP contribution is 2.01. The van der Waals surface area contributed by atoms with Crippen LogP contribution in [-0.2, 0) is 18.4 Å². The highest BCUT2D eigenvalue weighted by atomic mass is 28.3. The van der Waals surface area contributed by atoms with E-state index in [1.54, 1.807) is 14.2 Å². The first-order chi connectivity index (χ1) is 6.24. The summed E-state index contributed by atoms with van der Waals surface area (Å²) in [4.78, 5) is 11.0. The molecule has 0 aliphatic rings. The second-order valence-corrected chi connectivity index (χ2v) is 5.04. The molecule has 0 aliphatic heterocycles. The third-order valence-electron chi connectivity index (χ3n) is 1.58. The fourth-order valence-electron chi connectivity index (χ4n) is 0.856. The SMILES string of the molecule is CCCOC(=O)CC[SiH](OC)OC. The van der Waals surface area contributed by atoms with Gasteiger partial charge in [0.1, 0.15) is 0 Å². The van der Waals surface area contributed by atoms with Crippen molar-refractivity contribution in [2.45, 2.75) is 25.8 Å². The van der Waals surface area contributed by atoms with Crippen LogP contribution in [-0.4, -0.2) is 36.1 Å². The first-order valence-corrected chi connectivity index (χ1v) is 6.21. The van der Waals surface area contributed by atoms with Gasteiger partial charge in [0.2, 0.25) is 0 Å². The van der Waals surface area contributed by atoms with E-state index in [1.165, 1.54) is 0 Å².